The van der Waals surface area contributed by atoms with E-state index in [4.69, 9.17) is 16.3 Å². The highest BCUT2D eigenvalue weighted by molar-refractivity contribution is 7.85. The first-order chi connectivity index (χ1) is 8.24. The molecule has 1 aliphatic rings. The highest BCUT2D eigenvalue weighted by Crippen LogP contribution is 2.34. The van der Waals surface area contributed by atoms with Crippen LogP contribution in [0.4, 0.5) is 0 Å². The third kappa shape index (κ3) is 2.90. The van der Waals surface area contributed by atoms with Gasteiger partial charge in [-0.25, -0.2) is 0 Å². The van der Waals surface area contributed by atoms with Crippen LogP contribution in [-0.2, 0) is 15.5 Å². The maximum Gasteiger partial charge on any atom is 0.0579 e. The monoisotopic (exact) mass is 272 g/mol. The molecule has 17 heavy (non-hydrogen) atoms. The molecule has 2 nitrogen and oxygen atoms in total. The largest absolute Gasteiger partial charge is 0.384 e. The smallest absolute Gasteiger partial charge is 0.0579 e. The van der Waals surface area contributed by atoms with Crippen LogP contribution in [0.5, 0.6) is 0 Å². The zero-order valence-corrected chi connectivity index (χ0v) is 11.5. The topological polar surface area (TPSA) is 26.3 Å². The van der Waals surface area contributed by atoms with Gasteiger partial charge in [0.05, 0.1) is 27.3 Å². The summed E-state index contributed by atoms with van der Waals surface area (Å²) in [5.74, 6) is 0.400. The Morgan fingerprint density at radius 3 is 2.88 bits per heavy atom. The SMILES string of the molecule is COC[C@@H]1CCC[C@H]1S(=O)c1ccccc1Cl. The van der Waals surface area contributed by atoms with Crippen molar-refractivity contribution in [2.75, 3.05) is 13.7 Å². The molecule has 3 atom stereocenters. The second kappa shape index (κ2) is 5.98. The first-order valence-electron chi connectivity index (χ1n) is 5.88. The summed E-state index contributed by atoms with van der Waals surface area (Å²) >= 11 is 6.10. The molecule has 0 N–H and O–H groups in total. The third-order valence-electron chi connectivity index (χ3n) is 3.30. The van der Waals surface area contributed by atoms with Crippen molar-refractivity contribution in [1.29, 1.82) is 0 Å². The van der Waals surface area contributed by atoms with Gasteiger partial charge >= 0.3 is 0 Å². The van der Waals surface area contributed by atoms with Crippen LogP contribution in [-0.4, -0.2) is 23.2 Å². The van der Waals surface area contributed by atoms with E-state index in [1.807, 2.05) is 18.2 Å². The fourth-order valence-electron chi connectivity index (χ4n) is 2.46. The summed E-state index contributed by atoms with van der Waals surface area (Å²) in [6, 6.07) is 7.42. The summed E-state index contributed by atoms with van der Waals surface area (Å²) in [4.78, 5) is 0.766. The summed E-state index contributed by atoms with van der Waals surface area (Å²) in [5, 5.41) is 0.795. The molecule has 2 rings (SSSR count). The molecule has 0 amide bonds. The number of hydrogen-bond donors (Lipinski definition) is 0. The normalized spacial score (nSPS) is 26.0. The van der Waals surface area contributed by atoms with Crippen molar-refractivity contribution < 1.29 is 8.95 Å². The van der Waals surface area contributed by atoms with E-state index in [1.165, 1.54) is 0 Å². The fraction of sp³-hybridized carbons (Fsp3) is 0.538. The van der Waals surface area contributed by atoms with Crippen molar-refractivity contribution in [2.45, 2.75) is 29.4 Å². The second-order valence-electron chi connectivity index (χ2n) is 4.41. The molecule has 0 heterocycles. The van der Waals surface area contributed by atoms with E-state index in [-0.39, 0.29) is 5.25 Å². The van der Waals surface area contributed by atoms with Crippen molar-refractivity contribution in [2.24, 2.45) is 5.92 Å². The molecule has 1 unspecified atom stereocenters. The standard InChI is InChI=1S/C13H17ClO2S/c1-16-9-10-5-4-8-12(10)17(15)13-7-3-2-6-11(13)14/h2-3,6-7,10,12H,4-5,8-9H2,1H3/t10-,12+,17?/m0/s1. The van der Waals surface area contributed by atoms with Gasteiger partial charge in [0.2, 0.25) is 0 Å². The first-order valence-corrected chi connectivity index (χ1v) is 7.47. The maximum absolute atomic E-state index is 12.5. The fourth-order valence-corrected chi connectivity index (χ4v) is 4.57. The Hall–Kier alpha value is -0.380. The number of rotatable bonds is 4. The first kappa shape index (κ1) is 13.1. The maximum atomic E-state index is 12.5. The Bertz CT molecular complexity index is 408. The Kier molecular flexibility index (Phi) is 4.60. The van der Waals surface area contributed by atoms with Crippen LogP contribution in [0.3, 0.4) is 0 Å². The lowest BCUT2D eigenvalue weighted by Gasteiger charge is -2.18. The predicted octanol–water partition coefficient (Wildman–Crippen LogP) is 3.26. The Morgan fingerprint density at radius 1 is 1.41 bits per heavy atom. The predicted molar refractivity (Wildman–Crippen MR) is 70.9 cm³/mol. The number of ether oxygens (including phenoxy) is 1. The van der Waals surface area contributed by atoms with Crippen molar-refractivity contribution in [3.8, 4) is 0 Å². The van der Waals surface area contributed by atoms with Crippen molar-refractivity contribution in [3.05, 3.63) is 29.3 Å². The lowest BCUT2D eigenvalue weighted by molar-refractivity contribution is 0.156. The lowest BCUT2D eigenvalue weighted by Crippen LogP contribution is -2.24. The molecule has 0 aromatic heterocycles. The molecular weight excluding hydrogens is 256 g/mol. The van der Waals surface area contributed by atoms with E-state index in [2.05, 4.69) is 0 Å². The van der Waals surface area contributed by atoms with E-state index in [9.17, 15) is 4.21 Å². The molecule has 0 spiro atoms. The number of halogens is 1. The number of methoxy groups -OCH3 is 1. The molecule has 1 aromatic carbocycles. The summed E-state index contributed by atoms with van der Waals surface area (Å²) in [5.41, 5.74) is 0. The van der Waals surface area contributed by atoms with Gasteiger partial charge in [-0.05, 0) is 30.9 Å². The van der Waals surface area contributed by atoms with Gasteiger partial charge in [0, 0.05) is 12.4 Å². The summed E-state index contributed by atoms with van der Waals surface area (Å²) < 4.78 is 17.7. The van der Waals surface area contributed by atoms with Crippen LogP contribution < -0.4 is 0 Å². The van der Waals surface area contributed by atoms with E-state index in [0.29, 0.717) is 17.5 Å². The van der Waals surface area contributed by atoms with Gasteiger partial charge in [0.1, 0.15) is 0 Å². The summed E-state index contributed by atoms with van der Waals surface area (Å²) in [6.45, 7) is 0.695. The van der Waals surface area contributed by atoms with Gasteiger partial charge in [-0.15, -0.1) is 0 Å². The lowest BCUT2D eigenvalue weighted by atomic mass is 10.1. The van der Waals surface area contributed by atoms with Gasteiger partial charge < -0.3 is 4.74 Å². The van der Waals surface area contributed by atoms with Crippen LogP contribution in [0, 0.1) is 5.92 Å². The summed E-state index contributed by atoms with van der Waals surface area (Å²) in [6.07, 6.45) is 3.25. The Balaban J connectivity index is 2.17. The van der Waals surface area contributed by atoms with Gasteiger partial charge in [-0.2, -0.15) is 0 Å². The number of hydrogen-bond acceptors (Lipinski definition) is 2. The number of benzene rings is 1. The zero-order valence-electron chi connectivity index (χ0n) is 9.90. The van der Waals surface area contributed by atoms with E-state index < -0.39 is 10.8 Å². The van der Waals surface area contributed by atoms with Crippen LogP contribution >= 0.6 is 11.6 Å². The second-order valence-corrected chi connectivity index (χ2v) is 6.46. The van der Waals surface area contributed by atoms with Crippen molar-refractivity contribution in [3.63, 3.8) is 0 Å². The third-order valence-corrected chi connectivity index (χ3v) is 5.70. The van der Waals surface area contributed by atoms with Crippen molar-refractivity contribution in [1.82, 2.24) is 0 Å². The van der Waals surface area contributed by atoms with Crippen LogP contribution in [0.25, 0.3) is 0 Å². The Labute approximate surface area is 110 Å². The molecule has 1 aromatic rings. The van der Waals surface area contributed by atoms with Gasteiger partial charge in [0.15, 0.2) is 0 Å². The summed E-state index contributed by atoms with van der Waals surface area (Å²) in [7, 11) is 0.688. The molecule has 94 valence electrons. The molecule has 0 bridgehead atoms. The minimum atomic E-state index is -1.01. The molecular formula is C13H17ClO2S. The van der Waals surface area contributed by atoms with Gasteiger partial charge in [0.25, 0.3) is 0 Å². The van der Waals surface area contributed by atoms with E-state index >= 15 is 0 Å². The zero-order chi connectivity index (χ0) is 12.3. The molecule has 0 saturated heterocycles. The molecule has 4 heteroatoms. The van der Waals surface area contributed by atoms with Gasteiger partial charge in [-0.3, -0.25) is 4.21 Å². The average molecular weight is 273 g/mol. The molecule has 1 saturated carbocycles. The highest BCUT2D eigenvalue weighted by atomic mass is 35.5. The molecule has 1 fully saturated rings. The van der Waals surface area contributed by atoms with Crippen LogP contribution in [0.2, 0.25) is 5.02 Å². The molecule has 1 aliphatic carbocycles. The van der Waals surface area contributed by atoms with Crippen molar-refractivity contribution >= 4 is 22.4 Å². The van der Waals surface area contributed by atoms with Crippen LogP contribution in [0.15, 0.2) is 29.2 Å². The average Bonchev–Trinajstić information content (AvgIpc) is 2.78. The molecule has 0 radical (unpaired) electrons. The minimum absolute atomic E-state index is 0.190. The minimum Gasteiger partial charge on any atom is -0.384 e. The van der Waals surface area contributed by atoms with Gasteiger partial charge in [-0.1, -0.05) is 30.2 Å². The van der Waals surface area contributed by atoms with Crippen LogP contribution in [0.1, 0.15) is 19.3 Å². The van der Waals surface area contributed by atoms with E-state index in [1.54, 1.807) is 13.2 Å². The van der Waals surface area contributed by atoms with E-state index in [0.717, 1.165) is 24.2 Å². The highest BCUT2D eigenvalue weighted by Gasteiger charge is 2.33. The quantitative estimate of drug-likeness (QED) is 0.841. The molecule has 0 aliphatic heterocycles. The Morgan fingerprint density at radius 2 is 2.18 bits per heavy atom.